The third-order valence-electron chi connectivity index (χ3n) is 4.34. The van der Waals surface area contributed by atoms with Gasteiger partial charge in [0.1, 0.15) is 10.4 Å². The van der Waals surface area contributed by atoms with E-state index in [0.29, 0.717) is 5.92 Å². The highest BCUT2D eigenvalue weighted by molar-refractivity contribution is 7.17. The van der Waals surface area contributed by atoms with E-state index in [1.807, 2.05) is 23.6 Å². The maximum absolute atomic E-state index is 12.2. The minimum absolute atomic E-state index is 0.0106. The highest BCUT2D eigenvalue weighted by atomic mass is 32.1. The van der Waals surface area contributed by atoms with Gasteiger partial charge in [-0.25, -0.2) is 0 Å². The SMILES string of the molecule is CCCC1C=C1c1c(OC)ccc2[nH]c(=O)c3sccc3c12. The van der Waals surface area contributed by atoms with Crippen LogP contribution in [0.25, 0.3) is 26.6 Å². The second kappa shape index (κ2) is 4.99. The molecule has 1 aliphatic carbocycles. The molecule has 4 rings (SSSR count). The number of nitrogens with one attached hydrogen (secondary N) is 1. The molecule has 4 heteroatoms. The molecule has 1 aliphatic rings. The zero-order valence-corrected chi connectivity index (χ0v) is 13.4. The van der Waals surface area contributed by atoms with Crippen molar-refractivity contribution in [3.63, 3.8) is 0 Å². The lowest BCUT2D eigenvalue weighted by Crippen LogP contribution is -2.05. The summed E-state index contributed by atoms with van der Waals surface area (Å²) in [6.45, 7) is 2.21. The Morgan fingerprint density at radius 1 is 1.32 bits per heavy atom. The van der Waals surface area contributed by atoms with Crippen LogP contribution in [0, 0.1) is 5.92 Å². The predicted molar refractivity (Wildman–Crippen MR) is 92.9 cm³/mol. The van der Waals surface area contributed by atoms with Crippen molar-refractivity contribution >= 4 is 37.9 Å². The topological polar surface area (TPSA) is 42.1 Å². The number of aromatic nitrogens is 1. The number of rotatable bonds is 4. The number of allylic oxidation sites excluding steroid dienone is 2. The molecule has 0 saturated carbocycles. The van der Waals surface area contributed by atoms with Crippen molar-refractivity contribution < 1.29 is 4.74 Å². The monoisotopic (exact) mass is 311 g/mol. The molecule has 112 valence electrons. The summed E-state index contributed by atoms with van der Waals surface area (Å²) >= 11 is 1.49. The molecule has 0 aliphatic heterocycles. The Hall–Kier alpha value is -2.07. The van der Waals surface area contributed by atoms with E-state index >= 15 is 0 Å². The number of fused-ring (bicyclic) bond motifs is 3. The summed E-state index contributed by atoms with van der Waals surface area (Å²) in [5.41, 5.74) is 3.38. The quantitative estimate of drug-likeness (QED) is 0.767. The molecule has 0 spiro atoms. The van der Waals surface area contributed by atoms with E-state index in [2.05, 4.69) is 18.0 Å². The van der Waals surface area contributed by atoms with Crippen LogP contribution in [0.2, 0.25) is 0 Å². The number of benzene rings is 1. The first-order chi connectivity index (χ1) is 10.7. The number of hydrogen-bond acceptors (Lipinski definition) is 3. The van der Waals surface area contributed by atoms with Gasteiger partial charge in [-0.1, -0.05) is 19.4 Å². The first kappa shape index (κ1) is 13.6. The molecule has 0 radical (unpaired) electrons. The van der Waals surface area contributed by atoms with Crippen LogP contribution in [0.15, 0.2) is 34.4 Å². The molecule has 0 bridgehead atoms. The van der Waals surface area contributed by atoms with E-state index in [-0.39, 0.29) is 5.56 Å². The Bertz CT molecular complexity index is 964. The summed E-state index contributed by atoms with van der Waals surface area (Å²) in [5.74, 6) is 1.43. The van der Waals surface area contributed by atoms with Gasteiger partial charge in [-0.15, -0.1) is 11.3 Å². The number of pyridine rings is 1. The number of aromatic amines is 1. The lowest BCUT2D eigenvalue weighted by atomic mass is 9.99. The Labute approximate surface area is 132 Å². The van der Waals surface area contributed by atoms with Crippen LogP contribution in [0.1, 0.15) is 25.3 Å². The second-order valence-corrected chi connectivity index (χ2v) is 6.62. The van der Waals surface area contributed by atoms with Crippen LogP contribution in [-0.4, -0.2) is 12.1 Å². The number of hydrogen-bond donors (Lipinski definition) is 1. The first-order valence-electron chi connectivity index (χ1n) is 7.57. The Balaban J connectivity index is 2.06. The van der Waals surface area contributed by atoms with Gasteiger partial charge in [-0.05, 0) is 35.6 Å². The third kappa shape index (κ3) is 1.91. The summed E-state index contributed by atoms with van der Waals surface area (Å²) in [6.07, 6.45) is 4.65. The van der Waals surface area contributed by atoms with Crippen LogP contribution in [-0.2, 0) is 0 Å². The summed E-state index contributed by atoms with van der Waals surface area (Å²) in [7, 11) is 1.71. The molecular weight excluding hydrogens is 294 g/mol. The average Bonchev–Trinajstić information content (AvgIpc) is 3.09. The number of H-pyrrole nitrogens is 1. The van der Waals surface area contributed by atoms with E-state index in [1.54, 1.807) is 7.11 Å². The number of thiophene rings is 1. The maximum atomic E-state index is 12.2. The molecule has 1 N–H and O–H groups in total. The van der Waals surface area contributed by atoms with Crippen LogP contribution in [0.4, 0.5) is 0 Å². The van der Waals surface area contributed by atoms with Crippen molar-refractivity contribution in [1.82, 2.24) is 4.98 Å². The molecule has 2 aromatic heterocycles. The molecule has 0 saturated heterocycles. The molecule has 1 atom stereocenters. The summed E-state index contributed by atoms with van der Waals surface area (Å²) in [5, 5.41) is 4.12. The van der Waals surface area contributed by atoms with E-state index in [4.69, 9.17) is 4.74 Å². The highest BCUT2D eigenvalue weighted by Crippen LogP contribution is 2.48. The molecule has 3 nitrogen and oxygen atoms in total. The summed E-state index contributed by atoms with van der Waals surface area (Å²) < 4.78 is 6.39. The van der Waals surface area contributed by atoms with Crippen molar-refractivity contribution in [3.8, 4) is 5.75 Å². The summed E-state index contributed by atoms with van der Waals surface area (Å²) in [4.78, 5) is 15.2. The minimum atomic E-state index is -0.0106. The van der Waals surface area contributed by atoms with Gasteiger partial charge < -0.3 is 9.72 Å². The fourth-order valence-electron chi connectivity index (χ4n) is 3.27. The third-order valence-corrected chi connectivity index (χ3v) is 5.25. The second-order valence-electron chi connectivity index (χ2n) is 5.70. The fraction of sp³-hybridized carbons (Fsp3) is 0.278. The van der Waals surface area contributed by atoms with Gasteiger partial charge >= 0.3 is 0 Å². The molecule has 3 aromatic rings. The predicted octanol–water partition coefficient (Wildman–Crippen LogP) is 4.56. The zero-order valence-electron chi connectivity index (χ0n) is 12.6. The zero-order chi connectivity index (χ0) is 15.3. The molecule has 1 aromatic carbocycles. The van der Waals surface area contributed by atoms with Gasteiger partial charge in [0.05, 0.1) is 7.11 Å². The Kier molecular flexibility index (Phi) is 3.08. The van der Waals surface area contributed by atoms with Crippen molar-refractivity contribution in [2.45, 2.75) is 19.8 Å². The number of methoxy groups -OCH3 is 1. The van der Waals surface area contributed by atoms with Gasteiger partial charge in [0, 0.05) is 27.8 Å². The minimum Gasteiger partial charge on any atom is -0.496 e. The van der Waals surface area contributed by atoms with Gasteiger partial charge in [0.15, 0.2) is 0 Å². The van der Waals surface area contributed by atoms with E-state index in [1.165, 1.54) is 29.8 Å². The smallest absolute Gasteiger partial charge is 0.266 e. The van der Waals surface area contributed by atoms with E-state index < -0.39 is 0 Å². The van der Waals surface area contributed by atoms with Crippen molar-refractivity contribution in [2.75, 3.05) is 7.11 Å². The molecular formula is C18H17NO2S. The Morgan fingerprint density at radius 3 is 2.95 bits per heavy atom. The normalized spacial score (nSPS) is 17.0. The van der Waals surface area contributed by atoms with E-state index in [0.717, 1.165) is 32.3 Å². The first-order valence-corrected chi connectivity index (χ1v) is 8.44. The molecule has 0 amide bonds. The van der Waals surface area contributed by atoms with E-state index in [9.17, 15) is 4.79 Å². The van der Waals surface area contributed by atoms with Crippen molar-refractivity contribution in [3.05, 3.63) is 45.6 Å². The van der Waals surface area contributed by atoms with Gasteiger partial charge in [-0.3, -0.25) is 4.79 Å². The molecule has 0 fully saturated rings. The van der Waals surface area contributed by atoms with Gasteiger partial charge in [-0.2, -0.15) is 0 Å². The summed E-state index contributed by atoms with van der Waals surface area (Å²) in [6, 6.07) is 5.93. The van der Waals surface area contributed by atoms with Gasteiger partial charge in [0.25, 0.3) is 5.56 Å². The molecule has 1 unspecified atom stereocenters. The van der Waals surface area contributed by atoms with Crippen molar-refractivity contribution in [2.24, 2.45) is 5.92 Å². The Morgan fingerprint density at radius 2 is 2.18 bits per heavy atom. The van der Waals surface area contributed by atoms with Crippen LogP contribution >= 0.6 is 11.3 Å². The van der Waals surface area contributed by atoms with Crippen molar-refractivity contribution in [1.29, 1.82) is 0 Å². The maximum Gasteiger partial charge on any atom is 0.266 e. The molecule has 2 heterocycles. The highest BCUT2D eigenvalue weighted by Gasteiger charge is 2.30. The fourth-order valence-corrected chi connectivity index (χ4v) is 4.07. The van der Waals surface area contributed by atoms with Crippen LogP contribution < -0.4 is 10.3 Å². The van der Waals surface area contributed by atoms with Crippen LogP contribution in [0.5, 0.6) is 5.75 Å². The molecule has 22 heavy (non-hydrogen) atoms. The average molecular weight is 311 g/mol. The lowest BCUT2D eigenvalue weighted by Gasteiger charge is -2.12. The largest absolute Gasteiger partial charge is 0.496 e. The van der Waals surface area contributed by atoms with Crippen LogP contribution in [0.3, 0.4) is 0 Å². The standard InChI is InChI=1S/C18H17NO2S/c1-3-4-10-9-12(10)16-14(21-2)6-5-13-15(16)11-7-8-22-17(11)18(20)19-13/h5-10H,3-4H2,1-2H3,(H,19,20). The van der Waals surface area contributed by atoms with Gasteiger partial charge in [0.2, 0.25) is 0 Å². The number of ether oxygens (including phenoxy) is 1. The lowest BCUT2D eigenvalue weighted by molar-refractivity contribution is 0.414.